The number of amides is 1. The molecule has 1 fully saturated rings. The van der Waals surface area contributed by atoms with Crippen LogP contribution in [0.2, 0.25) is 0 Å². The minimum absolute atomic E-state index is 0.00961. The number of phenolic OH excluding ortho intramolecular Hbond substituents is 1. The second-order valence-corrected chi connectivity index (χ2v) is 10.1. The van der Waals surface area contributed by atoms with Crippen molar-refractivity contribution in [3.05, 3.63) is 93.0 Å². The molecule has 1 saturated heterocycles. The molecule has 2 heterocycles. The SMILES string of the molecule is COc1cc(C2/C(=C(\O)c3ccc4c(c3)CC(C)O4)C(=O)C(=O)N2CCc2ccccc2)cc(Br)c1O. The summed E-state index contributed by atoms with van der Waals surface area (Å²) < 4.78 is 11.4. The number of benzene rings is 3. The molecule has 37 heavy (non-hydrogen) atoms. The lowest BCUT2D eigenvalue weighted by Crippen LogP contribution is -2.31. The number of aliphatic hydroxyl groups is 1. The van der Waals surface area contributed by atoms with E-state index in [0.29, 0.717) is 28.4 Å². The number of aliphatic hydroxyl groups excluding tert-OH is 1. The van der Waals surface area contributed by atoms with E-state index in [1.807, 2.05) is 37.3 Å². The number of halogens is 1. The molecule has 8 heteroatoms. The number of carbonyl (C=O) groups excluding carboxylic acids is 2. The Hall–Kier alpha value is -3.78. The molecule has 3 aromatic carbocycles. The first-order chi connectivity index (χ1) is 17.8. The van der Waals surface area contributed by atoms with E-state index in [-0.39, 0.29) is 35.5 Å². The highest BCUT2D eigenvalue weighted by atomic mass is 79.9. The van der Waals surface area contributed by atoms with E-state index in [1.54, 1.807) is 30.3 Å². The van der Waals surface area contributed by atoms with Crippen molar-refractivity contribution in [3.63, 3.8) is 0 Å². The first-order valence-corrected chi connectivity index (χ1v) is 12.8. The Labute approximate surface area is 223 Å². The van der Waals surface area contributed by atoms with Crippen molar-refractivity contribution >= 4 is 33.4 Å². The van der Waals surface area contributed by atoms with Gasteiger partial charge in [0.25, 0.3) is 11.7 Å². The Kier molecular flexibility index (Phi) is 6.69. The van der Waals surface area contributed by atoms with Crippen molar-refractivity contribution in [2.45, 2.75) is 31.9 Å². The molecular formula is C29H26BrNO6. The Morgan fingerprint density at radius 3 is 2.62 bits per heavy atom. The lowest BCUT2D eigenvalue weighted by Gasteiger charge is -2.26. The first kappa shape index (κ1) is 24.9. The van der Waals surface area contributed by atoms with Crippen LogP contribution in [0.1, 0.15) is 35.2 Å². The molecule has 0 saturated carbocycles. The number of likely N-dealkylation sites (tertiary alicyclic amines) is 1. The molecule has 0 aromatic heterocycles. The number of rotatable bonds is 6. The summed E-state index contributed by atoms with van der Waals surface area (Å²) in [5.41, 5.74) is 2.89. The van der Waals surface area contributed by atoms with Gasteiger partial charge in [0, 0.05) is 18.5 Å². The molecule has 2 aliphatic rings. The van der Waals surface area contributed by atoms with Crippen molar-refractivity contribution in [1.29, 1.82) is 0 Å². The van der Waals surface area contributed by atoms with Gasteiger partial charge in [-0.2, -0.15) is 0 Å². The number of carbonyl (C=O) groups is 2. The first-order valence-electron chi connectivity index (χ1n) is 12.0. The zero-order valence-electron chi connectivity index (χ0n) is 20.4. The van der Waals surface area contributed by atoms with E-state index in [9.17, 15) is 19.8 Å². The van der Waals surface area contributed by atoms with Crippen LogP contribution < -0.4 is 9.47 Å². The predicted molar refractivity (Wildman–Crippen MR) is 142 cm³/mol. The number of ketones is 1. The van der Waals surface area contributed by atoms with Gasteiger partial charge in [0.15, 0.2) is 11.5 Å². The molecule has 3 aromatic rings. The van der Waals surface area contributed by atoms with Crippen molar-refractivity contribution < 1.29 is 29.3 Å². The molecule has 190 valence electrons. The second-order valence-electron chi connectivity index (χ2n) is 9.24. The van der Waals surface area contributed by atoms with E-state index in [2.05, 4.69) is 15.9 Å². The van der Waals surface area contributed by atoms with Gasteiger partial charge in [0.2, 0.25) is 0 Å². The van der Waals surface area contributed by atoms with Gasteiger partial charge in [-0.05, 0) is 76.3 Å². The third-order valence-corrected chi connectivity index (χ3v) is 7.38. The van der Waals surface area contributed by atoms with Gasteiger partial charge >= 0.3 is 0 Å². The molecule has 2 aliphatic heterocycles. The van der Waals surface area contributed by atoms with Crippen LogP contribution in [-0.4, -0.2) is 46.6 Å². The normalized spacial score (nSPS) is 20.1. The fourth-order valence-corrected chi connectivity index (χ4v) is 5.44. The summed E-state index contributed by atoms with van der Waals surface area (Å²) in [4.78, 5) is 28.2. The maximum absolute atomic E-state index is 13.4. The van der Waals surface area contributed by atoms with Crippen LogP contribution in [0.5, 0.6) is 17.2 Å². The number of ether oxygens (including phenoxy) is 2. The minimum Gasteiger partial charge on any atom is -0.507 e. The fraction of sp³-hybridized carbons (Fsp3) is 0.241. The molecule has 7 nitrogen and oxygen atoms in total. The van der Waals surface area contributed by atoms with E-state index in [4.69, 9.17) is 9.47 Å². The summed E-state index contributed by atoms with van der Waals surface area (Å²) in [5.74, 6) is -0.873. The van der Waals surface area contributed by atoms with Gasteiger partial charge in [0.1, 0.15) is 17.6 Å². The van der Waals surface area contributed by atoms with Gasteiger partial charge in [-0.3, -0.25) is 9.59 Å². The number of hydrogen-bond donors (Lipinski definition) is 2. The van der Waals surface area contributed by atoms with Crippen molar-refractivity contribution in [3.8, 4) is 17.2 Å². The number of phenols is 1. The maximum atomic E-state index is 13.4. The standard InChI is InChI=1S/C29H26BrNO6/c1-16-12-19-13-18(8-9-22(19)37-16)26(32)24-25(20-14-21(30)27(33)23(15-20)36-2)31(29(35)28(24)34)11-10-17-6-4-3-5-7-17/h3-9,13-16,25,32-33H,10-12H2,1-2H3/b26-24+. The van der Waals surface area contributed by atoms with Gasteiger partial charge in [0.05, 0.1) is 23.2 Å². The van der Waals surface area contributed by atoms with Crippen LogP contribution in [0.15, 0.2) is 70.7 Å². The van der Waals surface area contributed by atoms with Crippen molar-refractivity contribution in [2.75, 3.05) is 13.7 Å². The monoisotopic (exact) mass is 563 g/mol. The lowest BCUT2D eigenvalue weighted by molar-refractivity contribution is -0.139. The number of nitrogens with zero attached hydrogens (tertiary/aromatic N) is 1. The Morgan fingerprint density at radius 2 is 1.89 bits per heavy atom. The number of fused-ring (bicyclic) bond motifs is 1. The van der Waals surface area contributed by atoms with Gasteiger partial charge in [-0.15, -0.1) is 0 Å². The molecule has 2 unspecified atom stereocenters. The van der Waals surface area contributed by atoms with E-state index in [0.717, 1.165) is 16.9 Å². The zero-order chi connectivity index (χ0) is 26.3. The number of hydrogen-bond acceptors (Lipinski definition) is 6. The van der Waals surface area contributed by atoms with E-state index in [1.165, 1.54) is 12.0 Å². The molecule has 0 aliphatic carbocycles. The average molecular weight is 564 g/mol. The van der Waals surface area contributed by atoms with Crippen LogP contribution in [0, 0.1) is 0 Å². The van der Waals surface area contributed by atoms with Crippen LogP contribution in [-0.2, 0) is 22.4 Å². The highest BCUT2D eigenvalue weighted by molar-refractivity contribution is 9.10. The largest absolute Gasteiger partial charge is 0.507 e. The van der Waals surface area contributed by atoms with Crippen molar-refractivity contribution in [1.82, 2.24) is 4.90 Å². The third-order valence-electron chi connectivity index (χ3n) is 6.78. The van der Waals surface area contributed by atoms with Crippen LogP contribution >= 0.6 is 15.9 Å². The summed E-state index contributed by atoms with van der Waals surface area (Å²) in [7, 11) is 1.42. The fourth-order valence-electron chi connectivity index (χ4n) is 4.98. The second kappa shape index (κ2) is 9.94. The Morgan fingerprint density at radius 1 is 1.14 bits per heavy atom. The molecule has 2 N–H and O–H groups in total. The van der Waals surface area contributed by atoms with Gasteiger partial charge in [-0.25, -0.2) is 0 Å². The number of methoxy groups -OCH3 is 1. The molecule has 0 spiro atoms. The maximum Gasteiger partial charge on any atom is 0.295 e. The smallest absolute Gasteiger partial charge is 0.295 e. The number of aromatic hydroxyl groups is 1. The summed E-state index contributed by atoms with van der Waals surface area (Å²) in [5, 5.41) is 21.8. The Balaban J connectivity index is 1.62. The average Bonchev–Trinajstić information content (AvgIpc) is 3.39. The van der Waals surface area contributed by atoms with Gasteiger partial charge < -0.3 is 24.6 Å². The van der Waals surface area contributed by atoms with Gasteiger partial charge in [-0.1, -0.05) is 30.3 Å². The van der Waals surface area contributed by atoms with Crippen molar-refractivity contribution in [2.24, 2.45) is 0 Å². The summed E-state index contributed by atoms with van der Waals surface area (Å²) >= 11 is 3.34. The highest BCUT2D eigenvalue weighted by Gasteiger charge is 2.46. The summed E-state index contributed by atoms with van der Waals surface area (Å²) in [6.45, 7) is 2.22. The molecule has 2 atom stereocenters. The highest BCUT2D eigenvalue weighted by Crippen LogP contribution is 2.44. The van der Waals surface area contributed by atoms with Crippen LogP contribution in [0.4, 0.5) is 0 Å². The third kappa shape index (κ3) is 4.57. The Bertz CT molecular complexity index is 1420. The topological polar surface area (TPSA) is 96.3 Å². The molecule has 5 rings (SSSR count). The minimum atomic E-state index is -0.877. The van der Waals surface area contributed by atoms with E-state index < -0.39 is 17.7 Å². The van der Waals surface area contributed by atoms with Crippen LogP contribution in [0.25, 0.3) is 5.76 Å². The predicted octanol–water partition coefficient (Wildman–Crippen LogP) is 5.15. The number of Topliss-reactive ketones (excluding diaryl/α,β-unsaturated/α-hetero) is 1. The zero-order valence-corrected chi connectivity index (χ0v) is 22.0. The molecule has 1 amide bonds. The van der Waals surface area contributed by atoms with Crippen LogP contribution in [0.3, 0.4) is 0 Å². The lowest BCUT2D eigenvalue weighted by atomic mass is 9.94. The van der Waals surface area contributed by atoms with E-state index >= 15 is 0 Å². The summed E-state index contributed by atoms with van der Waals surface area (Å²) in [6, 6.07) is 17.3. The quantitative estimate of drug-likeness (QED) is 0.244. The summed E-state index contributed by atoms with van der Waals surface area (Å²) in [6.07, 6.45) is 1.24. The molecule has 0 bridgehead atoms. The molecular weight excluding hydrogens is 538 g/mol. The molecule has 0 radical (unpaired) electrons.